The highest BCUT2D eigenvalue weighted by Gasteiger charge is 2.14. The summed E-state index contributed by atoms with van der Waals surface area (Å²) in [5.74, 6) is 0.715. The van der Waals surface area contributed by atoms with Crippen LogP contribution in [0.1, 0.15) is 0 Å². The molecule has 0 aliphatic carbocycles. The molecule has 0 atom stereocenters. The summed E-state index contributed by atoms with van der Waals surface area (Å²) in [7, 11) is -3.63. The van der Waals surface area contributed by atoms with Gasteiger partial charge in [-0.3, -0.25) is 9.71 Å². The predicted molar refractivity (Wildman–Crippen MR) is 100 cm³/mol. The molecule has 2 aromatic heterocycles. The van der Waals surface area contributed by atoms with Gasteiger partial charge in [-0.05, 0) is 48.5 Å². The van der Waals surface area contributed by atoms with Crippen LogP contribution in [0.2, 0.25) is 0 Å². The maximum atomic E-state index is 12.4. The predicted octanol–water partition coefficient (Wildman–Crippen LogP) is 3.60. The highest BCUT2D eigenvalue weighted by atomic mass is 32.2. The second-order valence-corrected chi connectivity index (χ2v) is 7.32. The normalized spacial score (nSPS) is 11.3. The number of benzene rings is 2. The zero-order valence-electron chi connectivity index (χ0n) is 14.0. The Morgan fingerprint density at radius 2 is 1.59 bits per heavy atom. The average molecular weight is 378 g/mol. The second-order valence-electron chi connectivity index (χ2n) is 5.63. The molecule has 0 radical (unpaired) electrons. The Bertz CT molecular complexity index is 1140. The minimum Gasteiger partial charge on any atom is -0.332 e. The first-order valence-corrected chi connectivity index (χ1v) is 9.53. The summed E-state index contributed by atoms with van der Waals surface area (Å²) in [6.07, 6.45) is 1.65. The first kappa shape index (κ1) is 16.9. The fraction of sp³-hybridized carbons (Fsp3) is 0. The van der Waals surface area contributed by atoms with Gasteiger partial charge < -0.3 is 4.52 Å². The van der Waals surface area contributed by atoms with Crippen LogP contribution >= 0.6 is 0 Å². The molecule has 8 heteroatoms. The van der Waals surface area contributed by atoms with E-state index in [0.717, 1.165) is 0 Å². The molecule has 2 heterocycles. The minimum atomic E-state index is -3.63. The van der Waals surface area contributed by atoms with Gasteiger partial charge in [0.15, 0.2) is 0 Å². The molecule has 0 amide bonds. The second kappa shape index (κ2) is 7.00. The fourth-order valence-electron chi connectivity index (χ4n) is 2.44. The molecule has 0 unspecified atom stereocenters. The number of nitrogens with zero attached hydrogens (tertiary/aromatic N) is 3. The molecule has 0 saturated heterocycles. The molecule has 4 aromatic rings. The molecule has 134 valence electrons. The van der Waals surface area contributed by atoms with Gasteiger partial charge in [0, 0.05) is 17.4 Å². The lowest BCUT2D eigenvalue weighted by Gasteiger charge is -2.08. The van der Waals surface area contributed by atoms with Crippen molar-refractivity contribution in [1.29, 1.82) is 0 Å². The maximum absolute atomic E-state index is 12.4. The Morgan fingerprint density at radius 1 is 0.852 bits per heavy atom. The molecule has 1 N–H and O–H groups in total. The quantitative estimate of drug-likeness (QED) is 0.570. The molecule has 0 fully saturated rings. The van der Waals surface area contributed by atoms with Crippen molar-refractivity contribution >= 4 is 15.7 Å². The highest BCUT2D eigenvalue weighted by molar-refractivity contribution is 7.92. The van der Waals surface area contributed by atoms with Crippen molar-refractivity contribution in [3.05, 3.63) is 79.0 Å². The monoisotopic (exact) mass is 378 g/mol. The third kappa shape index (κ3) is 3.70. The maximum Gasteiger partial charge on any atom is 0.276 e. The van der Waals surface area contributed by atoms with Crippen molar-refractivity contribution < 1.29 is 12.9 Å². The Labute approximate surface area is 155 Å². The number of nitrogens with one attached hydrogen (secondary N) is 1. The fourth-order valence-corrected chi connectivity index (χ4v) is 3.51. The molecular weight excluding hydrogens is 364 g/mol. The topological polar surface area (TPSA) is 98.0 Å². The van der Waals surface area contributed by atoms with E-state index in [1.165, 1.54) is 12.1 Å². The summed E-state index contributed by atoms with van der Waals surface area (Å²) in [5.41, 5.74) is 1.73. The molecule has 4 rings (SSSR count). The first-order chi connectivity index (χ1) is 13.1. The van der Waals surface area contributed by atoms with E-state index in [1.54, 1.807) is 60.8 Å². The number of rotatable bonds is 5. The third-order valence-corrected chi connectivity index (χ3v) is 5.16. The highest BCUT2D eigenvalue weighted by Crippen LogP contribution is 2.23. The van der Waals surface area contributed by atoms with Crippen LogP contribution in [-0.2, 0) is 10.0 Å². The number of aromatic nitrogens is 3. The van der Waals surface area contributed by atoms with Crippen LogP contribution in [0.15, 0.2) is 88.4 Å². The Kier molecular flexibility index (Phi) is 4.39. The van der Waals surface area contributed by atoms with Gasteiger partial charge in [0.05, 0.1) is 4.90 Å². The third-order valence-electron chi connectivity index (χ3n) is 3.76. The molecular formula is C19H14N4O3S. The van der Waals surface area contributed by atoms with Crippen LogP contribution in [0, 0.1) is 0 Å². The lowest BCUT2D eigenvalue weighted by molar-refractivity contribution is 0.431. The van der Waals surface area contributed by atoms with Gasteiger partial charge in [0.1, 0.15) is 5.69 Å². The summed E-state index contributed by atoms with van der Waals surface area (Å²) in [5, 5.41) is 3.95. The van der Waals surface area contributed by atoms with E-state index in [1.807, 2.05) is 6.07 Å². The van der Waals surface area contributed by atoms with Crippen molar-refractivity contribution in [2.75, 3.05) is 4.72 Å². The number of pyridine rings is 1. The summed E-state index contributed by atoms with van der Waals surface area (Å²) >= 11 is 0. The van der Waals surface area contributed by atoms with Gasteiger partial charge >= 0.3 is 0 Å². The van der Waals surface area contributed by atoms with Crippen molar-refractivity contribution in [3.8, 4) is 23.0 Å². The van der Waals surface area contributed by atoms with Crippen LogP contribution in [-0.4, -0.2) is 23.5 Å². The van der Waals surface area contributed by atoms with Crippen molar-refractivity contribution in [1.82, 2.24) is 15.1 Å². The standard InChI is InChI=1S/C19H14N4O3S/c24-27(25,16-6-2-1-3-7-16)23-15-11-9-14(10-12-15)18-21-19(26-22-18)17-8-4-5-13-20-17/h1-13,23H. The van der Waals surface area contributed by atoms with Crippen LogP contribution < -0.4 is 4.72 Å². The molecule has 0 aliphatic heterocycles. The van der Waals surface area contributed by atoms with Crippen LogP contribution in [0.3, 0.4) is 0 Å². The Balaban J connectivity index is 1.54. The lowest BCUT2D eigenvalue weighted by Crippen LogP contribution is -2.12. The van der Waals surface area contributed by atoms with Gasteiger partial charge in [-0.25, -0.2) is 8.42 Å². The Hall–Kier alpha value is -3.52. The molecule has 0 bridgehead atoms. The van der Waals surface area contributed by atoms with Crippen molar-refractivity contribution in [3.63, 3.8) is 0 Å². The first-order valence-electron chi connectivity index (χ1n) is 8.05. The summed E-state index contributed by atoms with van der Waals surface area (Å²) in [4.78, 5) is 8.69. The van der Waals surface area contributed by atoms with Crippen LogP contribution in [0.4, 0.5) is 5.69 Å². The van der Waals surface area contributed by atoms with Crippen molar-refractivity contribution in [2.24, 2.45) is 0 Å². The van der Waals surface area contributed by atoms with E-state index in [-0.39, 0.29) is 4.90 Å². The number of sulfonamides is 1. The summed E-state index contributed by atoms with van der Waals surface area (Å²) < 4.78 is 32.5. The van der Waals surface area contributed by atoms with Crippen LogP contribution in [0.5, 0.6) is 0 Å². The van der Waals surface area contributed by atoms with Gasteiger partial charge in [0.2, 0.25) is 5.82 Å². The number of anilines is 1. The number of hydrogen-bond acceptors (Lipinski definition) is 6. The summed E-state index contributed by atoms with van der Waals surface area (Å²) in [6.45, 7) is 0. The van der Waals surface area contributed by atoms with E-state index < -0.39 is 10.0 Å². The molecule has 0 saturated carbocycles. The van der Waals surface area contributed by atoms with Crippen LogP contribution in [0.25, 0.3) is 23.0 Å². The average Bonchev–Trinajstić information content (AvgIpc) is 3.20. The van der Waals surface area contributed by atoms with E-state index in [0.29, 0.717) is 28.7 Å². The number of hydrogen-bond donors (Lipinski definition) is 1. The molecule has 7 nitrogen and oxygen atoms in total. The Morgan fingerprint density at radius 3 is 2.30 bits per heavy atom. The molecule has 0 spiro atoms. The summed E-state index contributed by atoms with van der Waals surface area (Å²) in [6, 6.07) is 20.3. The van der Waals surface area contributed by atoms with E-state index in [4.69, 9.17) is 4.52 Å². The zero-order chi connectivity index (χ0) is 18.7. The zero-order valence-corrected chi connectivity index (χ0v) is 14.8. The van der Waals surface area contributed by atoms with Gasteiger partial charge in [-0.15, -0.1) is 0 Å². The smallest absolute Gasteiger partial charge is 0.276 e. The molecule has 2 aromatic carbocycles. The van der Waals surface area contributed by atoms with E-state index in [9.17, 15) is 8.42 Å². The minimum absolute atomic E-state index is 0.201. The van der Waals surface area contributed by atoms with E-state index >= 15 is 0 Å². The SMILES string of the molecule is O=S(=O)(Nc1ccc(-c2noc(-c3ccccn3)n2)cc1)c1ccccc1. The van der Waals surface area contributed by atoms with Gasteiger partial charge in [-0.1, -0.05) is 29.4 Å². The largest absolute Gasteiger partial charge is 0.332 e. The lowest BCUT2D eigenvalue weighted by atomic mass is 10.2. The van der Waals surface area contributed by atoms with E-state index in [2.05, 4.69) is 19.8 Å². The molecule has 0 aliphatic rings. The van der Waals surface area contributed by atoms with Gasteiger partial charge in [-0.2, -0.15) is 4.98 Å². The molecule has 27 heavy (non-hydrogen) atoms. The van der Waals surface area contributed by atoms with Gasteiger partial charge in [0.25, 0.3) is 15.9 Å². The van der Waals surface area contributed by atoms with Crippen molar-refractivity contribution in [2.45, 2.75) is 4.90 Å².